The molecule has 1 aliphatic heterocycles. The highest BCUT2D eigenvalue weighted by Crippen LogP contribution is 2.32. The first-order valence-electron chi connectivity index (χ1n) is 11.9. The Hall–Kier alpha value is -2.93. The summed E-state index contributed by atoms with van der Waals surface area (Å²) >= 11 is 0. The van der Waals surface area contributed by atoms with Crippen LogP contribution in [0.3, 0.4) is 0 Å². The number of rotatable bonds is 6. The number of anilines is 2. The summed E-state index contributed by atoms with van der Waals surface area (Å²) in [6.07, 6.45) is 5.99. The molecular weight excluding hydrogens is 412 g/mol. The number of benzene rings is 1. The average molecular weight is 447 g/mol. The second-order valence-corrected chi connectivity index (χ2v) is 10.2. The van der Waals surface area contributed by atoms with Gasteiger partial charge in [-0.05, 0) is 36.0 Å². The van der Waals surface area contributed by atoms with Crippen molar-refractivity contribution in [3.05, 3.63) is 47.8 Å². The van der Waals surface area contributed by atoms with Crippen molar-refractivity contribution in [1.29, 1.82) is 0 Å². The zero-order valence-corrected chi connectivity index (χ0v) is 20.1. The van der Waals surface area contributed by atoms with E-state index in [1.54, 1.807) is 19.5 Å². The molecule has 7 nitrogen and oxygen atoms in total. The Bertz CT molecular complexity index is 1130. The van der Waals surface area contributed by atoms with Crippen molar-refractivity contribution in [3.63, 3.8) is 0 Å². The molecule has 33 heavy (non-hydrogen) atoms. The second kappa shape index (κ2) is 8.78. The van der Waals surface area contributed by atoms with Gasteiger partial charge in [-0.2, -0.15) is 0 Å². The minimum Gasteiger partial charge on any atom is -0.496 e. The SMILES string of the molecule is COc1ccc(C(C)(C)C)cc1CN1CCN(c2nc3cnccc3nc2NC2CC2)CC1. The molecule has 1 saturated heterocycles. The molecule has 0 unspecified atom stereocenters. The molecule has 2 aliphatic rings. The van der Waals surface area contributed by atoms with Gasteiger partial charge in [-0.15, -0.1) is 0 Å². The molecule has 3 aromatic rings. The van der Waals surface area contributed by atoms with Crippen molar-refractivity contribution in [2.45, 2.75) is 51.6 Å². The van der Waals surface area contributed by atoms with Crippen LogP contribution in [0.5, 0.6) is 5.75 Å². The van der Waals surface area contributed by atoms with Crippen LogP contribution in [0.25, 0.3) is 11.0 Å². The van der Waals surface area contributed by atoms with Crippen LogP contribution in [0, 0.1) is 0 Å². The average Bonchev–Trinajstić information content (AvgIpc) is 3.63. The maximum Gasteiger partial charge on any atom is 0.172 e. The first-order chi connectivity index (χ1) is 15.9. The van der Waals surface area contributed by atoms with Crippen LogP contribution in [0.1, 0.15) is 44.7 Å². The number of methoxy groups -OCH3 is 1. The van der Waals surface area contributed by atoms with Crippen molar-refractivity contribution in [2.75, 3.05) is 43.5 Å². The van der Waals surface area contributed by atoms with Crippen LogP contribution in [-0.2, 0) is 12.0 Å². The smallest absolute Gasteiger partial charge is 0.172 e. The lowest BCUT2D eigenvalue weighted by atomic mass is 9.86. The van der Waals surface area contributed by atoms with E-state index in [0.717, 1.165) is 61.1 Å². The Kier molecular flexibility index (Phi) is 5.83. The lowest BCUT2D eigenvalue weighted by molar-refractivity contribution is 0.245. The standard InChI is InChI=1S/C26H34N6O/c1-26(2,3)19-5-8-23(33-4)18(15-19)17-31-11-13-32(14-12-31)25-24(28-20-6-7-20)29-21-9-10-27-16-22(21)30-25/h5,8-10,15-16,20H,6-7,11-14,17H2,1-4H3,(H,28,29). The van der Waals surface area contributed by atoms with Crippen LogP contribution < -0.4 is 15.0 Å². The first-order valence-corrected chi connectivity index (χ1v) is 11.9. The zero-order chi connectivity index (χ0) is 23.0. The molecule has 3 heterocycles. The van der Waals surface area contributed by atoms with Gasteiger partial charge in [0.05, 0.1) is 18.8 Å². The molecule has 0 radical (unpaired) electrons. The van der Waals surface area contributed by atoms with Crippen LogP contribution in [-0.4, -0.2) is 59.2 Å². The van der Waals surface area contributed by atoms with Crippen LogP contribution in [0.4, 0.5) is 11.6 Å². The van der Waals surface area contributed by atoms with E-state index in [1.807, 2.05) is 6.07 Å². The molecule has 0 bridgehead atoms. The molecule has 0 amide bonds. The number of aromatic nitrogens is 3. The summed E-state index contributed by atoms with van der Waals surface area (Å²) in [6.45, 7) is 11.4. The Balaban J connectivity index is 1.32. The quantitative estimate of drug-likeness (QED) is 0.608. The maximum absolute atomic E-state index is 5.67. The topological polar surface area (TPSA) is 66.4 Å². The van der Waals surface area contributed by atoms with Gasteiger partial charge in [0.1, 0.15) is 11.3 Å². The second-order valence-electron chi connectivity index (χ2n) is 10.2. The summed E-state index contributed by atoms with van der Waals surface area (Å²) in [7, 11) is 1.76. The third-order valence-electron chi connectivity index (χ3n) is 6.58. The molecule has 174 valence electrons. The van der Waals surface area contributed by atoms with E-state index in [-0.39, 0.29) is 5.41 Å². The Morgan fingerprint density at radius 1 is 1.03 bits per heavy atom. The van der Waals surface area contributed by atoms with E-state index < -0.39 is 0 Å². The lowest BCUT2D eigenvalue weighted by Gasteiger charge is -2.36. The van der Waals surface area contributed by atoms with Crippen molar-refractivity contribution in [2.24, 2.45) is 0 Å². The van der Waals surface area contributed by atoms with Crippen LogP contribution in [0.2, 0.25) is 0 Å². The maximum atomic E-state index is 5.67. The molecule has 0 atom stereocenters. The molecule has 7 heteroatoms. The summed E-state index contributed by atoms with van der Waals surface area (Å²) in [5.41, 5.74) is 4.45. The van der Waals surface area contributed by atoms with Crippen LogP contribution in [0.15, 0.2) is 36.7 Å². The number of nitrogens with one attached hydrogen (secondary N) is 1. The number of fused-ring (bicyclic) bond motifs is 1. The molecular formula is C26H34N6O. The minimum atomic E-state index is 0.119. The fourth-order valence-electron chi connectivity index (χ4n) is 4.36. The molecule has 2 aromatic heterocycles. The monoisotopic (exact) mass is 446 g/mol. The van der Waals surface area contributed by atoms with E-state index in [2.05, 4.69) is 59.1 Å². The molecule has 2 fully saturated rings. The Labute approximate surface area is 196 Å². The van der Waals surface area contributed by atoms with Gasteiger partial charge >= 0.3 is 0 Å². The van der Waals surface area contributed by atoms with Gasteiger partial charge in [-0.3, -0.25) is 9.88 Å². The fourth-order valence-corrected chi connectivity index (χ4v) is 4.36. The van der Waals surface area contributed by atoms with E-state index in [1.165, 1.54) is 24.0 Å². The predicted molar refractivity (Wildman–Crippen MR) is 133 cm³/mol. The highest BCUT2D eigenvalue weighted by molar-refractivity contribution is 5.80. The highest BCUT2D eigenvalue weighted by Gasteiger charge is 2.27. The summed E-state index contributed by atoms with van der Waals surface area (Å²) in [6, 6.07) is 9.07. The van der Waals surface area contributed by atoms with E-state index >= 15 is 0 Å². The van der Waals surface area contributed by atoms with Gasteiger partial charge < -0.3 is 15.0 Å². The summed E-state index contributed by atoms with van der Waals surface area (Å²) in [4.78, 5) is 19.0. The van der Waals surface area contributed by atoms with Gasteiger partial charge in [0.15, 0.2) is 11.6 Å². The number of hydrogen-bond donors (Lipinski definition) is 1. The van der Waals surface area contributed by atoms with E-state index in [4.69, 9.17) is 14.7 Å². The highest BCUT2D eigenvalue weighted by atomic mass is 16.5. The van der Waals surface area contributed by atoms with E-state index in [9.17, 15) is 0 Å². The number of pyridine rings is 1. The number of piperazine rings is 1. The number of hydrogen-bond acceptors (Lipinski definition) is 7. The predicted octanol–water partition coefficient (Wildman–Crippen LogP) is 4.23. The van der Waals surface area contributed by atoms with Crippen molar-refractivity contribution in [3.8, 4) is 5.75 Å². The van der Waals surface area contributed by atoms with Crippen LogP contribution >= 0.6 is 0 Å². The van der Waals surface area contributed by atoms with Crippen molar-refractivity contribution in [1.82, 2.24) is 19.9 Å². The van der Waals surface area contributed by atoms with Crippen molar-refractivity contribution < 1.29 is 4.74 Å². The number of nitrogens with zero attached hydrogens (tertiary/aromatic N) is 5. The zero-order valence-electron chi connectivity index (χ0n) is 20.1. The molecule has 1 saturated carbocycles. The molecule has 1 N–H and O–H groups in total. The van der Waals surface area contributed by atoms with Crippen molar-refractivity contribution >= 4 is 22.7 Å². The summed E-state index contributed by atoms with van der Waals surface area (Å²) in [5.74, 6) is 2.83. The Morgan fingerprint density at radius 3 is 2.52 bits per heavy atom. The molecule has 5 rings (SSSR count). The largest absolute Gasteiger partial charge is 0.496 e. The van der Waals surface area contributed by atoms with Gasteiger partial charge in [-0.25, -0.2) is 9.97 Å². The fraction of sp³-hybridized carbons (Fsp3) is 0.500. The normalized spacial score (nSPS) is 17.4. The third-order valence-corrected chi connectivity index (χ3v) is 6.58. The third kappa shape index (κ3) is 4.88. The summed E-state index contributed by atoms with van der Waals surface area (Å²) in [5, 5.41) is 3.59. The summed E-state index contributed by atoms with van der Waals surface area (Å²) < 4.78 is 5.67. The molecule has 0 spiro atoms. The van der Waals surface area contributed by atoms with Gasteiger partial charge in [0.2, 0.25) is 0 Å². The number of ether oxygens (including phenoxy) is 1. The van der Waals surface area contributed by atoms with Gasteiger partial charge in [0.25, 0.3) is 0 Å². The van der Waals surface area contributed by atoms with Gasteiger partial charge in [0, 0.05) is 50.5 Å². The van der Waals surface area contributed by atoms with E-state index in [0.29, 0.717) is 6.04 Å². The minimum absolute atomic E-state index is 0.119. The Morgan fingerprint density at radius 2 is 1.82 bits per heavy atom. The van der Waals surface area contributed by atoms with Gasteiger partial charge in [-0.1, -0.05) is 32.9 Å². The first kappa shape index (κ1) is 21.9. The molecule has 1 aromatic carbocycles. The lowest BCUT2D eigenvalue weighted by Crippen LogP contribution is -2.46. The molecule has 1 aliphatic carbocycles.